The third-order valence-corrected chi connectivity index (χ3v) is 2.88. The summed E-state index contributed by atoms with van der Waals surface area (Å²) >= 11 is 0. The largest absolute Gasteiger partial charge is 0.465 e. The number of hydrogen-bond donors (Lipinski definition) is 1. The first-order valence-electron chi connectivity index (χ1n) is 5.66. The minimum absolute atomic E-state index is 0.131. The summed E-state index contributed by atoms with van der Waals surface area (Å²) in [6.07, 6.45) is 1.40. The molecule has 0 spiro atoms. The van der Waals surface area contributed by atoms with Gasteiger partial charge in [-0.2, -0.15) is 0 Å². The summed E-state index contributed by atoms with van der Waals surface area (Å²) in [6.45, 7) is 3.95. The second-order valence-corrected chi connectivity index (χ2v) is 4.03. The number of ether oxygens (including phenoxy) is 2. The zero-order chi connectivity index (χ0) is 12.2. The molecule has 2 N–H and O–H groups in total. The SMILES string of the molecule is CCOC(=O)C1(C(=O)OCC)CC[C@H](N)C1. The Labute approximate surface area is 95.3 Å². The zero-order valence-electron chi connectivity index (χ0n) is 9.82. The van der Waals surface area contributed by atoms with Gasteiger partial charge in [-0.15, -0.1) is 0 Å². The summed E-state index contributed by atoms with van der Waals surface area (Å²) < 4.78 is 9.90. The summed E-state index contributed by atoms with van der Waals surface area (Å²) in [5, 5.41) is 0. The lowest BCUT2D eigenvalue weighted by Crippen LogP contribution is -2.41. The Hall–Kier alpha value is -1.10. The smallest absolute Gasteiger partial charge is 0.323 e. The molecule has 1 rings (SSSR count). The molecular weight excluding hydrogens is 210 g/mol. The van der Waals surface area contributed by atoms with Gasteiger partial charge in [0.1, 0.15) is 0 Å². The predicted octanol–water partition coefficient (Wildman–Crippen LogP) is 0.610. The lowest BCUT2D eigenvalue weighted by molar-refractivity contribution is -0.171. The average molecular weight is 229 g/mol. The van der Waals surface area contributed by atoms with E-state index in [4.69, 9.17) is 15.2 Å². The van der Waals surface area contributed by atoms with Crippen molar-refractivity contribution in [2.75, 3.05) is 13.2 Å². The zero-order valence-corrected chi connectivity index (χ0v) is 9.82. The quantitative estimate of drug-likeness (QED) is 0.564. The molecule has 1 fully saturated rings. The van der Waals surface area contributed by atoms with Crippen LogP contribution in [-0.2, 0) is 19.1 Å². The Morgan fingerprint density at radius 2 is 1.75 bits per heavy atom. The fourth-order valence-electron chi connectivity index (χ4n) is 2.08. The molecular formula is C11H19NO4. The van der Waals surface area contributed by atoms with Gasteiger partial charge in [0.2, 0.25) is 0 Å². The van der Waals surface area contributed by atoms with Crippen molar-refractivity contribution in [3.63, 3.8) is 0 Å². The van der Waals surface area contributed by atoms with E-state index in [0.29, 0.717) is 19.3 Å². The highest BCUT2D eigenvalue weighted by Crippen LogP contribution is 2.40. The maximum Gasteiger partial charge on any atom is 0.323 e. The van der Waals surface area contributed by atoms with Crippen LogP contribution in [0.25, 0.3) is 0 Å². The van der Waals surface area contributed by atoms with Gasteiger partial charge in [-0.3, -0.25) is 9.59 Å². The highest BCUT2D eigenvalue weighted by molar-refractivity contribution is 6.00. The van der Waals surface area contributed by atoms with E-state index in [9.17, 15) is 9.59 Å². The first-order chi connectivity index (χ1) is 7.56. The summed E-state index contributed by atoms with van der Waals surface area (Å²) in [5.74, 6) is -0.997. The van der Waals surface area contributed by atoms with Gasteiger partial charge in [-0.05, 0) is 33.1 Å². The van der Waals surface area contributed by atoms with Crippen molar-refractivity contribution in [3.8, 4) is 0 Å². The Morgan fingerprint density at radius 1 is 1.25 bits per heavy atom. The molecule has 92 valence electrons. The van der Waals surface area contributed by atoms with Crippen molar-refractivity contribution in [2.45, 2.75) is 39.2 Å². The molecule has 1 atom stereocenters. The molecule has 5 nitrogen and oxygen atoms in total. The van der Waals surface area contributed by atoms with Crippen LogP contribution in [0.2, 0.25) is 0 Å². The van der Waals surface area contributed by atoms with E-state index in [0.717, 1.165) is 0 Å². The Balaban J connectivity index is 2.85. The van der Waals surface area contributed by atoms with Gasteiger partial charge >= 0.3 is 11.9 Å². The molecule has 0 saturated heterocycles. The molecule has 16 heavy (non-hydrogen) atoms. The van der Waals surface area contributed by atoms with Gasteiger partial charge in [-0.25, -0.2) is 0 Å². The highest BCUT2D eigenvalue weighted by atomic mass is 16.6. The molecule has 0 amide bonds. The van der Waals surface area contributed by atoms with Crippen LogP contribution in [0.3, 0.4) is 0 Å². The van der Waals surface area contributed by atoms with Gasteiger partial charge in [-0.1, -0.05) is 0 Å². The minimum atomic E-state index is -1.16. The molecule has 0 aliphatic heterocycles. The second-order valence-electron chi connectivity index (χ2n) is 4.03. The van der Waals surface area contributed by atoms with Crippen LogP contribution in [0.5, 0.6) is 0 Å². The third kappa shape index (κ3) is 2.35. The molecule has 0 radical (unpaired) electrons. The van der Waals surface area contributed by atoms with E-state index >= 15 is 0 Å². The maximum absolute atomic E-state index is 11.9. The van der Waals surface area contributed by atoms with Gasteiger partial charge in [0.15, 0.2) is 5.41 Å². The second kappa shape index (κ2) is 5.30. The summed E-state index contributed by atoms with van der Waals surface area (Å²) in [6, 6.07) is -0.131. The molecule has 5 heteroatoms. The van der Waals surface area contributed by atoms with Crippen LogP contribution in [0.1, 0.15) is 33.1 Å². The lowest BCUT2D eigenvalue weighted by atomic mass is 9.86. The van der Waals surface area contributed by atoms with Crippen molar-refractivity contribution in [2.24, 2.45) is 11.1 Å². The van der Waals surface area contributed by atoms with E-state index in [1.807, 2.05) is 0 Å². The number of nitrogens with two attached hydrogens (primary N) is 1. The van der Waals surface area contributed by atoms with E-state index in [-0.39, 0.29) is 19.3 Å². The van der Waals surface area contributed by atoms with E-state index < -0.39 is 17.4 Å². The molecule has 1 aliphatic rings. The van der Waals surface area contributed by atoms with Crippen LogP contribution >= 0.6 is 0 Å². The van der Waals surface area contributed by atoms with Crippen LogP contribution < -0.4 is 5.73 Å². The molecule has 0 heterocycles. The average Bonchev–Trinajstić information content (AvgIpc) is 2.63. The van der Waals surface area contributed by atoms with Gasteiger partial charge in [0.25, 0.3) is 0 Å². The summed E-state index contributed by atoms with van der Waals surface area (Å²) in [5.41, 5.74) is 4.60. The van der Waals surface area contributed by atoms with Crippen LogP contribution in [0.15, 0.2) is 0 Å². The number of rotatable bonds is 4. The van der Waals surface area contributed by atoms with E-state index in [2.05, 4.69) is 0 Å². The van der Waals surface area contributed by atoms with Crippen LogP contribution in [0.4, 0.5) is 0 Å². The highest BCUT2D eigenvalue weighted by Gasteiger charge is 2.53. The van der Waals surface area contributed by atoms with Crippen molar-refractivity contribution >= 4 is 11.9 Å². The van der Waals surface area contributed by atoms with E-state index in [1.54, 1.807) is 13.8 Å². The van der Waals surface area contributed by atoms with Gasteiger partial charge in [0.05, 0.1) is 13.2 Å². The van der Waals surface area contributed by atoms with Crippen molar-refractivity contribution in [1.82, 2.24) is 0 Å². The van der Waals surface area contributed by atoms with Crippen molar-refractivity contribution in [1.29, 1.82) is 0 Å². The molecule has 1 aliphatic carbocycles. The Kier molecular flexibility index (Phi) is 4.29. The first-order valence-corrected chi connectivity index (χ1v) is 5.66. The number of carbonyl (C=O) groups is 2. The fourth-order valence-corrected chi connectivity index (χ4v) is 2.08. The Morgan fingerprint density at radius 3 is 2.06 bits per heavy atom. The lowest BCUT2D eigenvalue weighted by Gasteiger charge is -2.24. The number of hydrogen-bond acceptors (Lipinski definition) is 5. The third-order valence-electron chi connectivity index (χ3n) is 2.88. The maximum atomic E-state index is 11.9. The molecule has 0 bridgehead atoms. The van der Waals surface area contributed by atoms with Crippen molar-refractivity contribution in [3.05, 3.63) is 0 Å². The molecule has 0 aromatic carbocycles. The van der Waals surface area contributed by atoms with Crippen LogP contribution in [-0.4, -0.2) is 31.2 Å². The molecule has 0 aromatic rings. The van der Waals surface area contributed by atoms with Crippen LogP contribution in [0, 0.1) is 5.41 Å². The summed E-state index contributed by atoms with van der Waals surface area (Å²) in [4.78, 5) is 23.7. The molecule has 0 aromatic heterocycles. The van der Waals surface area contributed by atoms with Gasteiger partial charge < -0.3 is 15.2 Å². The summed E-state index contributed by atoms with van der Waals surface area (Å²) in [7, 11) is 0. The fraction of sp³-hybridized carbons (Fsp3) is 0.818. The van der Waals surface area contributed by atoms with E-state index in [1.165, 1.54) is 0 Å². The Bertz CT molecular complexity index is 259. The molecule has 0 unspecified atom stereocenters. The monoisotopic (exact) mass is 229 g/mol. The number of carbonyl (C=O) groups excluding carboxylic acids is 2. The normalized spacial score (nSPS) is 22.8. The predicted molar refractivity (Wildman–Crippen MR) is 57.5 cm³/mol. The first kappa shape index (κ1) is 13.0. The minimum Gasteiger partial charge on any atom is -0.465 e. The standard InChI is InChI=1S/C11H19NO4/c1-3-15-9(13)11(10(14)16-4-2)6-5-8(12)7-11/h8H,3-7,12H2,1-2H3/t8-/m0/s1. The number of esters is 2. The van der Waals surface area contributed by atoms with Gasteiger partial charge in [0, 0.05) is 6.04 Å². The topological polar surface area (TPSA) is 78.6 Å². The van der Waals surface area contributed by atoms with Crippen molar-refractivity contribution < 1.29 is 19.1 Å². The molecule has 1 saturated carbocycles.